The molecule has 2 aromatic heterocycles. The van der Waals surface area contributed by atoms with Crippen molar-refractivity contribution in [2.75, 3.05) is 19.8 Å². The van der Waals surface area contributed by atoms with Crippen molar-refractivity contribution in [2.45, 2.75) is 43.6 Å². The summed E-state index contributed by atoms with van der Waals surface area (Å²) in [5.74, 6) is 0.812. The third-order valence-corrected chi connectivity index (χ3v) is 6.96. The molecule has 0 aliphatic heterocycles. The van der Waals surface area contributed by atoms with Crippen LogP contribution < -0.4 is 16.2 Å². The minimum Gasteiger partial charge on any atom is -0.474 e. The van der Waals surface area contributed by atoms with Gasteiger partial charge in [0.1, 0.15) is 11.9 Å². The van der Waals surface area contributed by atoms with Crippen molar-refractivity contribution in [3.05, 3.63) is 24.0 Å². The van der Waals surface area contributed by atoms with Gasteiger partial charge in [-0.15, -0.1) is 0 Å². The second-order valence-corrected chi connectivity index (χ2v) is 9.94. The third kappa shape index (κ3) is 3.34. The second-order valence-electron chi connectivity index (χ2n) is 7.51. The first-order chi connectivity index (χ1) is 12.0. The highest BCUT2D eigenvalue weighted by Crippen LogP contribution is 2.36. The Labute approximate surface area is 153 Å². The number of nitrogens with two attached hydrogens (primary N) is 2. The molecule has 1 fully saturated rings. The average molecular weight is 379 g/mol. The van der Waals surface area contributed by atoms with Crippen molar-refractivity contribution in [1.29, 1.82) is 0 Å². The zero-order chi connectivity index (χ0) is 19.3. The molecule has 1 aliphatic rings. The first kappa shape index (κ1) is 18.8. The summed E-state index contributed by atoms with van der Waals surface area (Å²) < 4.78 is 31.5. The lowest BCUT2D eigenvalue weighted by atomic mass is 9.92. The summed E-state index contributed by atoms with van der Waals surface area (Å²) in [6.07, 6.45) is 3.99. The topological polar surface area (TPSA) is 124 Å². The fourth-order valence-electron chi connectivity index (χ4n) is 3.05. The minimum atomic E-state index is -3.25. The maximum atomic E-state index is 12.1. The van der Waals surface area contributed by atoms with E-state index in [2.05, 4.69) is 9.97 Å². The Balaban J connectivity index is 1.87. The van der Waals surface area contributed by atoms with Crippen LogP contribution in [0.3, 0.4) is 0 Å². The Kier molecular flexibility index (Phi) is 4.58. The molecule has 1 saturated carbocycles. The smallest absolute Gasteiger partial charge is 0.223 e. The highest BCUT2D eigenvalue weighted by Gasteiger charge is 2.41. The number of anilines is 1. The van der Waals surface area contributed by atoms with Crippen LogP contribution in [0, 0.1) is 0 Å². The van der Waals surface area contributed by atoms with Gasteiger partial charge in [-0.2, -0.15) is 0 Å². The van der Waals surface area contributed by atoms with Gasteiger partial charge in [0.15, 0.2) is 0 Å². The van der Waals surface area contributed by atoms with E-state index in [1.165, 1.54) is 4.31 Å². The molecular formula is C17H25N5O3S. The largest absolute Gasteiger partial charge is 0.474 e. The number of nitrogens with zero attached hydrogens (tertiary/aromatic N) is 3. The fourth-order valence-corrected chi connectivity index (χ4v) is 4.56. The maximum absolute atomic E-state index is 12.1. The predicted molar refractivity (Wildman–Crippen MR) is 101 cm³/mol. The first-order valence-electron chi connectivity index (χ1n) is 8.41. The summed E-state index contributed by atoms with van der Waals surface area (Å²) in [6, 6.07) is 1.76. The maximum Gasteiger partial charge on any atom is 0.223 e. The SMILES string of the molecule is CN(C)S(=O)(=O)C1CC(Oc2ncc(C(C)(C)N)c3cc(N)ncc23)C1. The summed E-state index contributed by atoms with van der Waals surface area (Å²) in [4.78, 5) is 8.54. The molecule has 0 spiro atoms. The van der Waals surface area contributed by atoms with Gasteiger partial charge in [-0.3, -0.25) is 0 Å². The van der Waals surface area contributed by atoms with E-state index < -0.39 is 20.8 Å². The van der Waals surface area contributed by atoms with E-state index >= 15 is 0 Å². The molecule has 26 heavy (non-hydrogen) atoms. The van der Waals surface area contributed by atoms with E-state index in [0.717, 1.165) is 10.9 Å². The Hall–Kier alpha value is -1.97. The standard InChI is InChI=1S/C17H25N5O3S/c1-17(2,19)14-9-21-16(13-8-20-15(18)7-12(13)14)25-10-5-11(6-10)26(23,24)22(3)4/h7-11H,5-6,19H2,1-4H3,(H2,18,20). The summed E-state index contributed by atoms with van der Waals surface area (Å²) in [7, 11) is -0.165. The lowest BCUT2D eigenvalue weighted by molar-refractivity contribution is 0.117. The van der Waals surface area contributed by atoms with Crippen LogP contribution in [0.5, 0.6) is 5.88 Å². The molecule has 9 heteroatoms. The van der Waals surface area contributed by atoms with Gasteiger partial charge in [0.25, 0.3) is 0 Å². The molecular weight excluding hydrogens is 354 g/mol. The predicted octanol–water partition coefficient (Wildman–Crippen LogP) is 1.21. The fraction of sp³-hybridized carbons (Fsp3) is 0.529. The van der Waals surface area contributed by atoms with E-state index in [1.54, 1.807) is 32.6 Å². The number of nitrogen functional groups attached to an aromatic ring is 1. The molecule has 2 heterocycles. The molecule has 2 aromatic rings. The zero-order valence-corrected chi connectivity index (χ0v) is 16.2. The van der Waals surface area contributed by atoms with E-state index in [-0.39, 0.29) is 6.10 Å². The molecule has 0 saturated heterocycles. The van der Waals surface area contributed by atoms with Gasteiger partial charge in [-0.05, 0) is 30.9 Å². The highest BCUT2D eigenvalue weighted by molar-refractivity contribution is 7.89. The summed E-state index contributed by atoms with van der Waals surface area (Å²) >= 11 is 0. The number of ether oxygens (including phenoxy) is 1. The molecule has 1 aliphatic carbocycles. The summed E-state index contributed by atoms with van der Waals surface area (Å²) in [6.45, 7) is 3.78. The monoisotopic (exact) mass is 379 g/mol. The normalized spacial score (nSPS) is 21.0. The Morgan fingerprint density at radius 1 is 1.19 bits per heavy atom. The highest BCUT2D eigenvalue weighted by atomic mass is 32.2. The number of hydrogen-bond donors (Lipinski definition) is 2. The Morgan fingerprint density at radius 3 is 2.42 bits per heavy atom. The van der Waals surface area contributed by atoms with E-state index in [9.17, 15) is 8.42 Å². The van der Waals surface area contributed by atoms with Crippen molar-refractivity contribution in [3.8, 4) is 5.88 Å². The lowest BCUT2D eigenvalue weighted by Gasteiger charge is -2.36. The van der Waals surface area contributed by atoms with Crippen LogP contribution in [0.15, 0.2) is 18.5 Å². The quantitative estimate of drug-likeness (QED) is 0.800. The lowest BCUT2D eigenvalue weighted by Crippen LogP contribution is -2.47. The third-order valence-electron chi connectivity index (χ3n) is 4.71. The van der Waals surface area contributed by atoms with Crippen LogP contribution >= 0.6 is 0 Å². The number of hydrogen-bond acceptors (Lipinski definition) is 7. The molecule has 142 valence electrons. The number of pyridine rings is 2. The van der Waals surface area contributed by atoms with Crippen molar-refractivity contribution >= 4 is 26.6 Å². The van der Waals surface area contributed by atoms with Gasteiger partial charge in [-0.25, -0.2) is 22.7 Å². The molecule has 0 aromatic carbocycles. The van der Waals surface area contributed by atoms with E-state index in [0.29, 0.717) is 29.9 Å². The number of aromatic nitrogens is 2. The molecule has 3 rings (SSSR count). The number of fused-ring (bicyclic) bond motifs is 1. The first-order valence-corrected chi connectivity index (χ1v) is 9.92. The van der Waals surface area contributed by atoms with Crippen LogP contribution in [0.25, 0.3) is 10.8 Å². The van der Waals surface area contributed by atoms with Crippen molar-refractivity contribution in [3.63, 3.8) is 0 Å². The average Bonchev–Trinajstić information content (AvgIpc) is 2.48. The molecule has 8 nitrogen and oxygen atoms in total. The van der Waals surface area contributed by atoms with Gasteiger partial charge >= 0.3 is 0 Å². The van der Waals surface area contributed by atoms with Crippen LogP contribution in [0.4, 0.5) is 5.82 Å². The number of sulfonamides is 1. The van der Waals surface area contributed by atoms with Gasteiger partial charge in [0.05, 0.1) is 10.6 Å². The Bertz CT molecular complexity index is 931. The van der Waals surface area contributed by atoms with E-state index in [1.807, 2.05) is 13.8 Å². The van der Waals surface area contributed by atoms with Gasteiger partial charge in [0, 0.05) is 44.9 Å². The van der Waals surface area contributed by atoms with Gasteiger partial charge < -0.3 is 16.2 Å². The summed E-state index contributed by atoms with van der Waals surface area (Å²) in [5.41, 5.74) is 12.3. The number of rotatable bonds is 5. The molecule has 0 unspecified atom stereocenters. The van der Waals surface area contributed by atoms with Crippen LogP contribution in [-0.4, -0.2) is 48.1 Å². The van der Waals surface area contributed by atoms with Crippen molar-refractivity contribution < 1.29 is 13.2 Å². The van der Waals surface area contributed by atoms with Crippen LogP contribution in [0.2, 0.25) is 0 Å². The molecule has 0 atom stereocenters. The van der Waals surface area contributed by atoms with Crippen LogP contribution in [0.1, 0.15) is 32.3 Å². The molecule has 4 N–H and O–H groups in total. The molecule has 0 radical (unpaired) electrons. The van der Waals surface area contributed by atoms with Crippen molar-refractivity contribution in [1.82, 2.24) is 14.3 Å². The van der Waals surface area contributed by atoms with Gasteiger partial charge in [-0.1, -0.05) is 0 Å². The van der Waals surface area contributed by atoms with Crippen molar-refractivity contribution in [2.24, 2.45) is 5.73 Å². The van der Waals surface area contributed by atoms with Crippen LogP contribution in [-0.2, 0) is 15.6 Å². The molecule has 0 amide bonds. The second kappa shape index (κ2) is 6.33. The molecule has 0 bridgehead atoms. The minimum absolute atomic E-state index is 0.195. The summed E-state index contributed by atoms with van der Waals surface area (Å²) in [5, 5.41) is 1.14. The van der Waals surface area contributed by atoms with Gasteiger partial charge in [0.2, 0.25) is 15.9 Å². The zero-order valence-electron chi connectivity index (χ0n) is 15.4. The van der Waals surface area contributed by atoms with E-state index in [4.69, 9.17) is 16.2 Å². The Morgan fingerprint density at radius 2 is 1.85 bits per heavy atom.